The second-order valence-corrected chi connectivity index (χ2v) is 12.1. The second-order valence-electron chi connectivity index (χ2n) is 12.1. The summed E-state index contributed by atoms with van der Waals surface area (Å²) in [5, 5.41) is 29.2. The third-order valence-electron chi connectivity index (χ3n) is 8.99. The van der Waals surface area contributed by atoms with Gasteiger partial charge >= 0.3 is 17.9 Å². The molecule has 7 rings (SSSR count). The minimum atomic E-state index is -0.984. The van der Waals surface area contributed by atoms with E-state index in [1.54, 1.807) is 54.6 Å². The van der Waals surface area contributed by atoms with Crippen LogP contribution < -0.4 is 0 Å². The summed E-state index contributed by atoms with van der Waals surface area (Å²) in [7, 11) is 0. The van der Waals surface area contributed by atoms with Crippen molar-refractivity contribution >= 4 is 17.9 Å². The number of carboxylic acids is 3. The van der Waals surface area contributed by atoms with E-state index in [2.05, 4.69) is 18.2 Å². The summed E-state index contributed by atoms with van der Waals surface area (Å²) in [5.74, 6) is -2.95. The summed E-state index contributed by atoms with van der Waals surface area (Å²) in [5.41, 5.74) is 10.7. The van der Waals surface area contributed by atoms with Crippen LogP contribution in [-0.4, -0.2) is 33.2 Å². The van der Waals surface area contributed by atoms with E-state index in [1.165, 1.54) is 0 Å². The van der Waals surface area contributed by atoms with E-state index in [-0.39, 0.29) is 16.7 Å². The first-order valence-electron chi connectivity index (χ1n) is 16.2. The van der Waals surface area contributed by atoms with Gasteiger partial charge in [0.2, 0.25) is 0 Å². The molecule has 0 saturated carbocycles. The molecule has 0 spiro atoms. The van der Waals surface area contributed by atoms with Crippen LogP contribution in [0.4, 0.5) is 0 Å². The third kappa shape index (κ3) is 6.67. The molecule has 7 aromatic carbocycles. The Morgan fingerprint density at radius 2 is 0.490 bits per heavy atom. The molecule has 7 aromatic rings. The summed E-state index contributed by atoms with van der Waals surface area (Å²) in [6.45, 7) is 0. The van der Waals surface area contributed by atoms with Gasteiger partial charge in [0.15, 0.2) is 0 Å². The topological polar surface area (TPSA) is 112 Å². The van der Waals surface area contributed by atoms with Crippen molar-refractivity contribution in [1.82, 2.24) is 0 Å². The molecule has 0 aliphatic rings. The van der Waals surface area contributed by atoms with Gasteiger partial charge in [-0.25, -0.2) is 14.4 Å². The van der Waals surface area contributed by atoms with E-state index in [9.17, 15) is 29.7 Å². The monoisotopic (exact) mass is 666 g/mol. The van der Waals surface area contributed by atoms with Crippen molar-refractivity contribution in [3.05, 3.63) is 180 Å². The van der Waals surface area contributed by atoms with Crippen molar-refractivity contribution in [2.24, 2.45) is 0 Å². The molecular formula is C45H30O6. The first-order chi connectivity index (χ1) is 24.8. The number of benzene rings is 7. The SMILES string of the molecule is O=C(O)c1ccccc1-c1ccc(-c2cc(-c3ccc(-c4ccccc4C(=O)O)cc3)cc(-c3ccc(-c4ccccc4C(=O)O)cc3)c2)cc1. The third-order valence-corrected chi connectivity index (χ3v) is 8.99. The van der Waals surface area contributed by atoms with Gasteiger partial charge in [0.05, 0.1) is 16.7 Å². The Hall–Kier alpha value is -7.05. The predicted octanol–water partition coefficient (Wildman–Crippen LogP) is 10.8. The van der Waals surface area contributed by atoms with Crippen molar-refractivity contribution in [2.45, 2.75) is 0 Å². The normalized spacial score (nSPS) is 10.8. The highest BCUT2D eigenvalue weighted by atomic mass is 16.4. The lowest BCUT2D eigenvalue weighted by molar-refractivity contribution is 0.0687. The molecule has 0 aliphatic heterocycles. The molecule has 3 N–H and O–H groups in total. The van der Waals surface area contributed by atoms with Crippen LogP contribution in [0.1, 0.15) is 31.1 Å². The van der Waals surface area contributed by atoms with Crippen molar-refractivity contribution in [3.63, 3.8) is 0 Å². The molecule has 0 aromatic heterocycles. The van der Waals surface area contributed by atoms with Gasteiger partial charge < -0.3 is 15.3 Å². The molecule has 0 amide bonds. The zero-order valence-corrected chi connectivity index (χ0v) is 27.2. The van der Waals surface area contributed by atoms with E-state index >= 15 is 0 Å². The fourth-order valence-corrected chi connectivity index (χ4v) is 6.42. The fraction of sp³-hybridized carbons (Fsp3) is 0. The number of hydrogen-bond donors (Lipinski definition) is 3. The van der Waals surface area contributed by atoms with Crippen LogP contribution in [0.25, 0.3) is 66.8 Å². The van der Waals surface area contributed by atoms with Gasteiger partial charge in [-0.15, -0.1) is 0 Å². The summed E-state index contributed by atoms with van der Waals surface area (Å²) in [6.07, 6.45) is 0. The van der Waals surface area contributed by atoms with Crippen LogP contribution in [-0.2, 0) is 0 Å². The Bertz CT molecular complexity index is 2140. The molecular weight excluding hydrogens is 636 g/mol. The molecule has 6 heteroatoms. The van der Waals surface area contributed by atoms with Crippen LogP contribution >= 0.6 is 0 Å². The van der Waals surface area contributed by atoms with E-state index in [1.807, 2.05) is 91.0 Å². The van der Waals surface area contributed by atoms with Gasteiger partial charge in [0.25, 0.3) is 0 Å². The van der Waals surface area contributed by atoms with Gasteiger partial charge in [0.1, 0.15) is 0 Å². The number of carboxylic acid groups (broad SMARTS) is 3. The maximum atomic E-state index is 11.9. The predicted molar refractivity (Wildman–Crippen MR) is 200 cm³/mol. The van der Waals surface area contributed by atoms with Crippen LogP contribution in [0, 0.1) is 0 Å². The number of hydrogen-bond acceptors (Lipinski definition) is 3. The van der Waals surface area contributed by atoms with Gasteiger partial charge in [-0.05, 0) is 103 Å². The van der Waals surface area contributed by atoms with Gasteiger partial charge in [-0.1, -0.05) is 127 Å². The molecule has 0 radical (unpaired) electrons. The smallest absolute Gasteiger partial charge is 0.336 e. The number of aromatic carboxylic acids is 3. The molecule has 246 valence electrons. The Morgan fingerprint density at radius 1 is 0.275 bits per heavy atom. The van der Waals surface area contributed by atoms with Gasteiger partial charge in [-0.2, -0.15) is 0 Å². The number of carbonyl (C=O) groups is 3. The minimum absolute atomic E-state index is 0.235. The van der Waals surface area contributed by atoms with E-state index in [4.69, 9.17) is 0 Å². The average Bonchev–Trinajstić information content (AvgIpc) is 3.18. The van der Waals surface area contributed by atoms with Gasteiger partial charge in [-0.3, -0.25) is 0 Å². The first-order valence-corrected chi connectivity index (χ1v) is 16.2. The van der Waals surface area contributed by atoms with Crippen LogP contribution in [0.3, 0.4) is 0 Å². The molecule has 6 nitrogen and oxygen atoms in total. The lowest BCUT2D eigenvalue weighted by Gasteiger charge is -2.14. The van der Waals surface area contributed by atoms with Crippen molar-refractivity contribution < 1.29 is 29.7 Å². The zero-order valence-electron chi connectivity index (χ0n) is 27.2. The second kappa shape index (κ2) is 13.8. The van der Waals surface area contributed by atoms with E-state index in [0.29, 0.717) is 16.7 Å². The summed E-state index contributed by atoms with van der Waals surface area (Å²) < 4.78 is 0. The molecule has 0 unspecified atom stereocenters. The first kappa shape index (κ1) is 32.5. The summed E-state index contributed by atoms with van der Waals surface area (Å²) >= 11 is 0. The Morgan fingerprint density at radius 3 is 0.725 bits per heavy atom. The zero-order chi connectivity index (χ0) is 35.5. The van der Waals surface area contributed by atoms with Gasteiger partial charge in [0, 0.05) is 0 Å². The van der Waals surface area contributed by atoms with Crippen molar-refractivity contribution in [3.8, 4) is 66.8 Å². The Balaban J connectivity index is 1.30. The quantitative estimate of drug-likeness (QED) is 0.141. The highest BCUT2D eigenvalue weighted by molar-refractivity contribution is 5.98. The minimum Gasteiger partial charge on any atom is -0.478 e. The molecule has 0 aliphatic carbocycles. The van der Waals surface area contributed by atoms with Crippen molar-refractivity contribution in [2.75, 3.05) is 0 Å². The van der Waals surface area contributed by atoms with Crippen LogP contribution in [0.5, 0.6) is 0 Å². The highest BCUT2D eigenvalue weighted by Crippen LogP contribution is 2.36. The van der Waals surface area contributed by atoms with E-state index in [0.717, 1.165) is 50.1 Å². The van der Waals surface area contributed by atoms with E-state index < -0.39 is 17.9 Å². The van der Waals surface area contributed by atoms with Crippen LogP contribution in [0.15, 0.2) is 164 Å². The Labute approximate surface area is 294 Å². The lowest BCUT2D eigenvalue weighted by atomic mass is 9.90. The number of rotatable bonds is 9. The molecule has 0 atom stereocenters. The summed E-state index contributed by atoms with van der Waals surface area (Å²) in [6, 6.07) is 50.5. The Kier molecular flexibility index (Phi) is 8.81. The summed E-state index contributed by atoms with van der Waals surface area (Å²) in [4.78, 5) is 35.6. The maximum Gasteiger partial charge on any atom is 0.336 e. The fourth-order valence-electron chi connectivity index (χ4n) is 6.42. The van der Waals surface area contributed by atoms with Crippen molar-refractivity contribution in [1.29, 1.82) is 0 Å². The lowest BCUT2D eigenvalue weighted by Crippen LogP contribution is -1.99. The molecule has 0 heterocycles. The molecule has 51 heavy (non-hydrogen) atoms. The molecule has 0 saturated heterocycles. The average molecular weight is 667 g/mol. The standard InChI is InChI=1S/C45H30O6/c46-43(47)40-10-4-1-7-37(40)31-19-13-28(14-20-31)34-25-35(29-15-21-32(22-16-29)38-8-2-5-11-41(38)44(48)49)27-36(26-34)30-17-23-33(24-18-30)39-9-3-6-12-42(39)45(50)51/h1-27H,(H,46,47)(H,48,49)(H,50,51). The maximum absolute atomic E-state index is 11.9. The molecule has 0 bridgehead atoms. The molecule has 0 fully saturated rings. The highest BCUT2D eigenvalue weighted by Gasteiger charge is 2.15. The largest absolute Gasteiger partial charge is 0.478 e. The van der Waals surface area contributed by atoms with Crippen LogP contribution in [0.2, 0.25) is 0 Å².